The van der Waals surface area contributed by atoms with Crippen LogP contribution in [0.5, 0.6) is 0 Å². The third-order valence-electron chi connectivity index (χ3n) is 2.42. The van der Waals surface area contributed by atoms with Crippen LogP contribution in [0.25, 0.3) is 0 Å². The van der Waals surface area contributed by atoms with Crippen LogP contribution in [0.4, 0.5) is 0 Å². The standard InChI is InChI=1S/C8H17NO/c1-3-7-6-9(2)5-4-8(7)10/h7-8,10H,3-6H2,1-2H3/t7-,8-/m0/s1. The van der Waals surface area contributed by atoms with E-state index in [0.717, 1.165) is 25.9 Å². The zero-order valence-corrected chi connectivity index (χ0v) is 6.88. The van der Waals surface area contributed by atoms with Gasteiger partial charge < -0.3 is 10.0 Å². The molecule has 0 aromatic rings. The Balaban J connectivity index is 2.38. The van der Waals surface area contributed by atoms with Crippen molar-refractivity contribution < 1.29 is 5.11 Å². The van der Waals surface area contributed by atoms with Crippen molar-refractivity contribution in [1.29, 1.82) is 0 Å². The summed E-state index contributed by atoms with van der Waals surface area (Å²) in [6.45, 7) is 4.27. The second-order valence-corrected chi connectivity index (χ2v) is 3.29. The van der Waals surface area contributed by atoms with Crippen molar-refractivity contribution in [2.24, 2.45) is 5.92 Å². The number of nitrogens with zero attached hydrogens (tertiary/aromatic N) is 1. The predicted molar refractivity (Wildman–Crippen MR) is 41.9 cm³/mol. The summed E-state index contributed by atoms with van der Waals surface area (Å²) in [6, 6.07) is 0. The minimum Gasteiger partial charge on any atom is -0.393 e. The van der Waals surface area contributed by atoms with Gasteiger partial charge in [-0.15, -0.1) is 0 Å². The number of aliphatic hydroxyl groups is 1. The number of rotatable bonds is 1. The van der Waals surface area contributed by atoms with Crippen molar-refractivity contribution in [3.63, 3.8) is 0 Å². The highest BCUT2D eigenvalue weighted by Crippen LogP contribution is 2.18. The quantitative estimate of drug-likeness (QED) is 0.584. The Labute approximate surface area is 62.8 Å². The molecule has 0 saturated carbocycles. The number of piperidine rings is 1. The van der Waals surface area contributed by atoms with E-state index in [1.165, 1.54) is 0 Å². The van der Waals surface area contributed by atoms with E-state index in [4.69, 9.17) is 0 Å². The fraction of sp³-hybridized carbons (Fsp3) is 1.00. The van der Waals surface area contributed by atoms with E-state index in [-0.39, 0.29) is 6.10 Å². The van der Waals surface area contributed by atoms with Crippen molar-refractivity contribution in [3.8, 4) is 0 Å². The van der Waals surface area contributed by atoms with Crippen LogP contribution in [-0.2, 0) is 0 Å². The molecule has 2 atom stereocenters. The molecule has 60 valence electrons. The lowest BCUT2D eigenvalue weighted by molar-refractivity contribution is 0.0348. The molecule has 1 aliphatic heterocycles. The highest BCUT2D eigenvalue weighted by atomic mass is 16.3. The third kappa shape index (κ3) is 1.70. The van der Waals surface area contributed by atoms with Gasteiger partial charge in [-0.25, -0.2) is 0 Å². The van der Waals surface area contributed by atoms with Crippen LogP contribution < -0.4 is 0 Å². The van der Waals surface area contributed by atoms with Gasteiger partial charge in [0.1, 0.15) is 0 Å². The second-order valence-electron chi connectivity index (χ2n) is 3.29. The molecule has 1 rings (SSSR count). The first-order valence-electron chi connectivity index (χ1n) is 4.10. The molecule has 2 heteroatoms. The molecule has 2 nitrogen and oxygen atoms in total. The van der Waals surface area contributed by atoms with E-state index >= 15 is 0 Å². The van der Waals surface area contributed by atoms with Crippen molar-refractivity contribution >= 4 is 0 Å². The van der Waals surface area contributed by atoms with Gasteiger partial charge in [0.25, 0.3) is 0 Å². The smallest absolute Gasteiger partial charge is 0.0592 e. The average molecular weight is 143 g/mol. The lowest BCUT2D eigenvalue weighted by Gasteiger charge is -2.33. The molecule has 1 fully saturated rings. The average Bonchev–Trinajstić information content (AvgIpc) is 1.94. The van der Waals surface area contributed by atoms with Gasteiger partial charge in [-0.1, -0.05) is 6.92 Å². The van der Waals surface area contributed by atoms with Gasteiger partial charge in [-0.3, -0.25) is 0 Å². The van der Waals surface area contributed by atoms with E-state index in [9.17, 15) is 5.11 Å². The van der Waals surface area contributed by atoms with E-state index in [0.29, 0.717) is 5.92 Å². The number of hydrogen-bond donors (Lipinski definition) is 1. The van der Waals surface area contributed by atoms with E-state index in [1.807, 2.05) is 0 Å². The summed E-state index contributed by atoms with van der Waals surface area (Å²) in [5.41, 5.74) is 0. The van der Waals surface area contributed by atoms with Crippen molar-refractivity contribution in [1.82, 2.24) is 4.90 Å². The number of hydrogen-bond acceptors (Lipinski definition) is 2. The fourth-order valence-electron chi connectivity index (χ4n) is 1.60. The van der Waals surface area contributed by atoms with Gasteiger partial charge >= 0.3 is 0 Å². The Hall–Kier alpha value is -0.0800. The molecule has 1 N–H and O–H groups in total. The molecule has 10 heavy (non-hydrogen) atoms. The number of aliphatic hydroxyl groups excluding tert-OH is 1. The highest BCUT2D eigenvalue weighted by Gasteiger charge is 2.23. The van der Waals surface area contributed by atoms with Crippen molar-refractivity contribution in [2.75, 3.05) is 20.1 Å². The first kappa shape index (κ1) is 8.02. The zero-order valence-electron chi connectivity index (χ0n) is 6.88. The maximum absolute atomic E-state index is 9.46. The molecular formula is C8H17NO. The largest absolute Gasteiger partial charge is 0.393 e. The molecular weight excluding hydrogens is 126 g/mol. The molecule has 0 bridgehead atoms. The summed E-state index contributed by atoms with van der Waals surface area (Å²) in [5.74, 6) is 0.513. The molecule has 1 heterocycles. The SMILES string of the molecule is CC[C@H]1CN(C)CC[C@@H]1O. The Bertz CT molecular complexity index is 105. The van der Waals surface area contributed by atoms with Gasteiger partial charge in [0, 0.05) is 13.1 Å². The van der Waals surface area contributed by atoms with Crippen LogP contribution in [0.3, 0.4) is 0 Å². The van der Waals surface area contributed by atoms with Gasteiger partial charge in [0.15, 0.2) is 0 Å². The van der Waals surface area contributed by atoms with E-state index in [1.54, 1.807) is 0 Å². The first-order chi connectivity index (χ1) is 4.74. The summed E-state index contributed by atoms with van der Waals surface area (Å²) < 4.78 is 0. The molecule has 0 amide bonds. The van der Waals surface area contributed by atoms with Gasteiger partial charge in [-0.05, 0) is 25.8 Å². The molecule has 0 unspecified atom stereocenters. The van der Waals surface area contributed by atoms with Gasteiger partial charge in [-0.2, -0.15) is 0 Å². The fourth-order valence-corrected chi connectivity index (χ4v) is 1.60. The first-order valence-corrected chi connectivity index (χ1v) is 4.10. The van der Waals surface area contributed by atoms with Crippen LogP contribution in [0.15, 0.2) is 0 Å². The highest BCUT2D eigenvalue weighted by molar-refractivity contribution is 4.76. The Morgan fingerprint density at radius 2 is 2.30 bits per heavy atom. The number of likely N-dealkylation sites (tertiary alicyclic amines) is 1. The van der Waals surface area contributed by atoms with Crippen LogP contribution in [0, 0.1) is 5.92 Å². The monoisotopic (exact) mass is 143 g/mol. The lowest BCUT2D eigenvalue weighted by atomic mass is 9.93. The maximum Gasteiger partial charge on any atom is 0.0592 e. The molecule has 0 aromatic carbocycles. The van der Waals surface area contributed by atoms with E-state index in [2.05, 4.69) is 18.9 Å². The van der Waals surface area contributed by atoms with Crippen LogP contribution in [0.1, 0.15) is 19.8 Å². The molecule has 0 radical (unpaired) electrons. The summed E-state index contributed by atoms with van der Waals surface area (Å²) in [6.07, 6.45) is 2.02. The minimum absolute atomic E-state index is 0.0406. The maximum atomic E-state index is 9.46. The van der Waals surface area contributed by atoms with E-state index < -0.39 is 0 Å². The van der Waals surface area contributed by atoms with Gasteiger partial charge in [0.05, 0.1) is 6.10 Å². The molecule has 1 aliphatic rings. The molecule has 0 aromatic heterocycles. The predicted octanol–water partition coefficient (Wildman–Crippen LogP) is 0.709. The molecule has 0 aliphatic carbocycles. The third-order valence-corrected chi connectivity index (χ3v) is 2.42. The summed E-state index contributed by atoms with van der Waals surface area (Å²) in [7, 11) is 2.12. The Morgan fingerprint density at radius 3 is 2.80 bits per heavy atom. The summed E-state index contributed by atoms with van der Waals surface area (Å²) in [5, 5.41) is 9.46. The molecule has 0 spiro atoms. The van der Waals surface area contributed by atoms with Crippen molar-refractivity contribution in [3.05, 3.63) is 0 Å². The summed E-state index contributed by atoms with van der Waals surface area (Å²) in [4.78, 5) is 2.29. The van der Waals surface area contributed by atoms with Gasteiger partial charge in [0.2, 0.25) is 0 Å². The topological polar surface area (TPSA) is 23.5 Å². The van der Waals surface area contributed by atoms with Crippen LogP contribution in [-0.4, -0.2) is 36.2 Å². The van der Waals surface area contributed by atoms with Crippen LogP contribution >= 0.6 is 0 Å². The van der Waals surface area contributed by atoms with Crippen LogP contribution in [0.2, 0.25) is 0 Å². The van der Waals surface area contributed by atoms with Crippen molar-refractivity contribution in [2.45, 2.75) is 25.9 Å². The zero-order chi connectivity index (χ0) is 7.56. The Kier molecular flexibility index (Phi) is 2.69. The summed E-state index contributed by atoms with van der Waals surface area (Å²) >= 11 is 0. The minimum atomic E-state index is -0.0406. The normalized spacial score (nSPS) is 36.3. The second kappa shape index (κ2) is 3.35. The Morgan fingerprint density at radius 1 is 1.60 bits per heavy atom. The molecule has 1 saturated heterocycles. The lowest BCUT2D eigenvalue weighted by Crippen LogP contribution is -2.40.